The quantitative estimate of drug-likeness (QED) is 0.902. The maximum atomic E-state index is 13.6. The smallest absolute Gasteiger partial charge is 0.320 e. The summed E-state index contributed by atoms with van der Waals surface area (Å²) in [6.45, 7) is 4.20. The Morgan fingerprint density at radius 3 is 2.56 bits per heavy atom. The van der Waals surface area contributed by atoms with Gasteiger partial charge in [-0.2, -0.15) is 0 Å². The SMILES string of the molecule is CC(C)C1CC(Sc2ccccc2F)(C(=O)O)C1. The highest BCUT2D eigenvalue weighted by Gasteiger charge is 2.52. The van der Waals surface area contributed by atoms with Gasteiger partial charge in [0, 0.05) is 4.90 Å². The van der Waals surface area contributed by atoms with E-state index in [-0.39, 0.29) is 5.82 Å². The predicted octanol–water partition coefficient (Wildman–Crippen LogP) is 3.81. The highest BCUT2D eigenvalue weighted by molar-refractivity contribution is 8.01. The lowest BCUT2D eigenvalue weighted by Crippen LogP contribution is -2.49. The molecule has 0 aliphatic heterocycles. The van der Waals surface area contributed by atoms with Crippen molar-refractivity contribution in [1.29, 1.82) is 0 Å². The highest BCUT2D eigenvalue weighted by Crippen LogP contribution is 2.53. The van der Waals surface area contributed by atoms with Crippen molar-refractivity contribution in [3.8, 4) is 0 Å². The number of carbonyl (C=O) groups is 1. The molecule has 1 aliphatic carbocycles. The van der Waals surface area contributed by atoms with Crippen molar-refractivity contribution in [3.05, 3.63) is 30.1 Å². The molecule has 98 valence electrons. The molecule has 0 bridgehead atoms. The molecule has 2 nitrogen and oxygen atoms in total. The van der Waals surface area contributed by atoms with E-state index in [9.17, 15) is 14.3 Å². The molecule has 1 fully saturated rings. The first-order chi connectivity index (χ1) is 8.44. The van der Waals surface area contributed by atoms with Crippen molar-refractivity contribution in [2.24, 2.45) is 11.8 Å². The molecule has 0 heterocycles. The van der Waals surface area contributed by atoms with Crippen molar-refractivity contribution in [1.82, 2.24) is 0 Å². The molecular formula is C14H17FO2S. The zero-order valence-corrected chi connectivity index (χ0v) is 11.3. The molecule has 1 aliphatic rings. The number of hydrogen-bond acceptors (Lipinski definition) is 2. The van der Waals surface area contributed by atoms with Crippen molar-refractivity contribution in [2.45, 2.75) is 36.3 Å². The van der Waals surface area contributed by atoms with E-state index in [0.29, 0.717) is 29.6 Å². The minimum Gasteiger partial charge on any atom is -0.480 e. The van der Waals surface area contributed by atoms with Crippen LogP contribution in [0, 0.1) is 17.7 Å². The van der Waals surface area contributed by atoms with Crippen LogP contribution in [0.5, 0.6) is 0 Å². The van der Waals surface area contributed by atoms with Crippen LogP contribution < -0.4 is 0 Å². The van der Waals surface area contributed by atoms with Gasteiger partial charge in [0.25, 0.3) is 0 Å². The van der Waals surface area contributed by atoms with Gasteiger partial charge < -0.3 is 5.11 Å². The van der Waals surface area contributed by atoms with Crippen molar-refractivity contribution in [3.63, 3.8) is 0 Å². The molecule has 18 heavy (non-hydrogen) atoms. The summed E-state index contributed by atoms with van der Waals surface area (Å²) in [7, 11) is 0. The Morgan fingerprint density at radius 1 is 1.44 bits per heavy atom. The first-order valence-electron chi connectivity index (χ1n) is 6.11. The third-order valence-corrected chi connectivity index (χ3v) is 5.11. The molecule has 1 saturated carbocycles. The molecule has 0 unspecified atom stereocenters. The molecular weight excluding hydrogens is 251 g/mol. The van der Waals surface area contributed by atoms with Crippen LogP contribution in [0.4, 0.5) is 4.39 Å². The van der Waals surface area contributed by atoms with E-state index >= 15 is 0 Å². The average molecular weight is 268 g/mol. The summed E-state index contributed by atoms with van der Waals surface area (Å²) in [5, 5.41) is 9.39. The molecule has 4 heteroatoms. The summed E-state index contributed by atoms with van der Waals surface area (Å²) in [5.41, 5.74) is 0. The second-order valence-electron chi connectivity index (χ2n) is 5.24. The number of hydrogen-bond donors (Lipinski definition) is 1. The molecule has 0 atom stereocenters. The van der Waals surface area contributed by atoms with E-state index in [4.69, 9.17) is 0 Å². The van der Waals surface area contributed by atoms with Crippen LogP contribution in [0.2, 0.25) is 0 Å². The van der Waals surface area contributed by atoms with Crippen LogP contribution in [0.25, 0.3) is 0 Å². The Bertz CT molecular complexity index is 453. The van der Waals surface area contributed by atoms with E-state index < -0.39 is 10.7 Å². The lowest BCUT2D eigenvalue weighted by atomic mass is 9.69. The van der Waals surface area contributed by atoms with Gasteiger partial charge in [-0.25, -0.2) is 4.39 Å². The third kappa shape index (κ3) is 2.39. The normalized spacial score (nSPS) is 27.0. The molecule has 1 aromatic rings. The van der Waals surface area contributed by atoms with Gasteiger partial charge in [-0.3, -0.25) is 4.79 Å². The van der Waals surface area contributed by atoms with Crippen LogP contribution in [0.15, 0.2) is 29.2 Å². The Kier molecular flexibility index (Phi) is 3.66. The van der Waals surface area contributed by atoms with E-state index in [0.717, 1.165) is 11.8 Å². The third-order valence-electron chi connectivity index (χ3n) is 3.66. The van der Waals surface area contributed by atoms with Crippen LogP contribution in [-0.2, 0) is 4.79 Å². The maximum absolute atomic E-state index is 13.6. The van der Waals surface area contributed by atoms with E-state index in [1.807, 2.05) is 0 Å². The zero-order valence-electron chi connectivity index (χ0n) is 10.5. The fraction of sp³-hybridized carbons (Fsp3) is 0.500. The van der Waals surface area contributed by atoms with E-state index in [2.05, 4.69) is 13.8 Å². The number of carboxylic acid groups (broad SMARTS) is 1. The van der Waals surface area contributed by atoms with Crippen molar-refractivity contribution in [2.75, 3.05) is 0 Å². The van der Waals surface area contributed by atoms with Gasteiger partial charge in [-0.1, -0.05) is 26.0 Å². The van der Waals surface area contributed by atoms with Gasteiger partial charge in [-0.05, 0) is 36.8 Å². The van der Waals surface area contributed by atoms with Crippen molar-refractivity contribution < 1.29 is 14.3 Å². The number of rotatable bonds is 4. The molecule has 1 aromatic carbocycles. The minimum absolute atomic E-state index is 0.337. The molecule has 0 radical (unpaired) electrons. The van der Waals surface area contributed by atoms with Gasteiger partial charge in [0.2, 0.25) is 0 Å². The summed E-state index contributed by atoms with van der Waals surface area (Å²) >= 11 is 1.16. The number of halogens is 1. The molecule has 2 rings (SSSR count). The topological polar surface area (TPSA) is 37.3 Å². The number of benzene rings is 1. The summed E-state index contributed by atoms with van der Waals surface area (Å²) in [5.74, 6) is -0.247. The minimum atomic E-state index is -0.836. The Morgan fingerprint density at radius 2 is 2.06 bits per heavy atom. The van der Waals surface area contributed by atoms with Crippen molar-refractivity contribution >= 4 is 17.7 Å². The molecule has 0 spiro atoms. The van der Waals surface area contributed by atoms with Gasteiger partial charge in [0.15, 0.2) is 0 Å². The van der Waals surface area contributed by atoms with Gasteiger partial charge >= 0.3 is 5.97 Å². The monoisotopic (exact) mass is 268 g/mol. The van der Waals surface area contributed by atoms with Gasteiger partial charge in [-0.15, -0.1) is 11.8 Å². The molecule has 0 amide bonds. The predicted molar refractivity (Wildman–Crippen MR) is 70.2 cm³/mol. The maximum Gasteiger partial charge on any atom is 0.320 e. The van der Waals surface area contributed by atoms with E-state index in [1.54, 1.807) is 18.2 Å². The first-order valence-corrected chi connectivity index (χ1v) is 6.93. The summed E-state index contributed by atoms with van der Waals surface area (Å²) < 4.78 is 12.7. The van der Waals surface area contributed by atoms with Gasteiger partial charge in [0.05, 0.1) is 0 Å². The fourth-order valence-electron chi connectivity index (χ4n) is 2.30. The second kappa shape index (κ2) is 4.92. The molecule has 0 saturated heterocycles. The standard InChI is InChI=1S/C14H17FO2S/c1-9(2)10-7-14(8-10,13(16)17)18-12-6-4-3-5-11(12)15/h3-6,9-10H,7-8H2,1-2H3,(H,16,17). The Hall–Kier alpha value is -1.03. The van der Waals surface area contributed by atoms with Gasteiger partial charge in [0.1, 0.15) is 10.6 Å². The van der Waals surface area contributed by atoms with Crippen LogP contribution in [0.3, 0.4) is 0 Å². The van der Waals surface area contributed by atoms with Crippen LogP contribution in [0.1, 0.15) is 26.7 Å². The average Bonchev–Trinajstić information content (AvgIpc) is 2.24. The Labute approximate surface area is 111 Å². The van der Waals surface area contributed by atoms with Crippen LogP contribution >= 0.6 is 11.8 Å². The highest BCUT2D eigenvalue weighted by atomic mass is 32.2. The molecule has 0 aromatic heterocycles. The van der Waals surface area contributed by atoms with Crippen LogP contribution in [-0.4, -0.2) is 15.8 Å². The van der Waals surface area contributed by atoms with E-state index in [1.165, 1.54) is 6.07 Å². The zero-order chi connectivity index (χ0) is 13.3. The lowest BCUT2D eigenvalue weighted by molar-refractivity contribution is -0.144. The largest absolute Gasteiger partial charge is 0.480 e. The first kappa shape index (κ1) is 13.4. The fourth-order valence-corrected chi connectivity index (χ4v) is 3.71. The number of thioether (sulfide) groups is 1. The summed E-state index contributed by atoms with van der Waals surface area (Å²) in [6.07, 6.45) is 1.25. The Balaban J connectivity index is 2.15. The second-order valence-corrected chi connectivity index (χ2v) is 6.67. The number of aliphatic carboxylic acids is 1. The summed E-state index contributed by atoms with van der Waals surface area (Å²) in [4.78, 5) is 11.9. The summed E-state index contributed by atoms with van der Waals surface area (Å²) in [6, 6.07) is 6.37. The lowest BCUT2D eigenvalue weighted by Gasteiger charge is -2.45. The number of carboxylic acids is 1. The molecule has 1 N–H and O–H groups in total.